The highest BCUT2D eigenvalue weighted by Gasteiger charge is 2.21. The molecule has 0 bridgehead atoms. The summed E-state index contributed by atoms with van der Waals surface area (Å²) in [7, 11) is 0.00412. The van der Waals surface area contributed by atoms with Crippen molar-refractivity contribution in [1.82, 2.24) is 9.62 Å². The van der Waals surface area contributed by atoms with Gasteiger partial charge in [0, 0.05) is 50.5 Å². The Balaban J connectivity index is 2.08. The van der Waals surface area contributed by atoms with E-state index in [4.69, 9.17) is 20.8 Å². The first-order chi connectivity index (χ1) is 16.0. The van der Waals surface area contributed by atoms with E-state index in [2.05, 4.69) is 0 Å². The quantitative estimate of drug-likeness (QED) is 0.368. The highest BCUT2D eigenvalue weighted by molar-refractivity contribution is 7.90. The van der Waals surface area contributed by atoms with Gasteiger partial charge in [0.05, 0.1) is 5.69 Å². The van der Waals surface area contributed by atoms with Crippen molar-refractivity contribution >= 4 is 44.6 Å². The third-order valence-corrected chi connectivity index (χ3v) is 6.12. The van der Waals surface area contributed by atoms with Gasteiger partial charge in [0.15, 0.2) is 17.4 Å². The molecule has 0 aliphatic carbocycles. The Morgan fingerprint density at radius 3 is 2.53 bits per heavy atom. The van der Waals surface area contributed by atoms with Crippen LogP contribution in [0, 0.1) is 11.6 Å². The van der Waals surface area contributed by atoms with Crippen molar-refractivity contribution in [1.29, 1.82) is 0 Å². The van der Waals surface area contributed by atoms with E-state index in [1.807, 2.05) is 9.44 Å². The van der Waals surface area contributed by atoms with Crippen molar-refractivity contribution in [3.8, 4) is 5.75 Å². The molecule has 1 amide bonds. The van der Waals surface area contributed by atoms with Crippen LogP contribution < -0.4 is 19.8 Å². The number of alkyl halides is 1. The predicted octanol–water partition coefficient (Wildman–Crippen LogP) is 3.34. The number of ether oxygens (including phenoxy) is 1. The number of carbonyl (C=O) groups is 1. The fourth-order valence-corrected chi connectivity index (χ4v) is 3.93. The normalized spacial score (nSPS) is 11.5. The maximum absolute atomic E-state index is 15.0. The molecular weight excluding hydrogens is 496 g/mol. The molecule has 3 rings (SSSR count). The number of benzene rings is 2. The third kappa shape index (κ3) is 5.29. The lowest BCUT2D eigenvalue weighted by Gasteiger charge is -2.14. The van der Waals surface area contributed by atoms with Gasteiger partial charge in [0.1, 0.15) is 5.58 Å². The first-order valence-electron chi connectivity index (χ1n) is 9.69. The van der Waals surface area contributed by atoms with Gasteiger partial charge < -0.3 is 14.1 Å². The van der Waals surface area contributed by atoms with Crippen LogP contribution in [-0.4, -0.2) is 40.6 Å². The summed E-state index contributed by atoms with van der Waals surface area (Å²) in [5, 5.41) is 0.138. The number of carbonyl (C=O) groups excluding carboxylic acids is 1. The monoisotopic (exact) mass is 515 g/mol. The molecule has 0 fully saturated rings. The Bertz CT molecular complexity index is 1430. The number of hydrogen-bond acceptors (Lipinski definition) is 6. The molecule has 2 aromatic carbocycles. The van der Waals surface area contributed by atoms with Crippen molar-refractivity contribution in [2.45, 2.75) is 12.3 Å². The Labute approximate surface area is 198 Å². The molecule has 0 aliphatic heterocycles. The largest absolute Gasteiger partial charge is 0.422 e. The summed E-state index contributed by atoms with van der Waals surface area (Å²) < 4.78 is 67.3. The van der Waals surface area contributed by atoms with Gasteiger partial charge in [-0.1, -0.05) is 12.1 Å². The number of nitrogens with zero attached hydrogens (tertiary/aromatic N) is 1. The molecule has 34 heavy (non-hydrogen) atoms. The van der Waals surface area contributed by atoms with E-state index in [1.165, 1.54) is 32.3 Å². The minimum atomic E-state index is -3.98. The fourth-order valence-electron chi connectivity index (χ4n) is 3.08. The first-order valence-corrected chi connectivity index (χ1v) is 11.7. The Morgan fingerprint density at radius 2 is 1.91 bits per heavy atom. The molecule has 9 nitrogen and oxygen atoms in total. The Kier molecular flexibility index (Phi) is 7.44. The van der Waals surface area contributed by atoms with Crippen LogP contribution in [0.4, 0.5) is 19.3 Å². The summed E-state index contributed by atoms with van der Waals surface area (Å²) in [6.07, 6.45) is -1.14. The van der Waals surface area contributed by atoms with Crippen LogP contribution in [0.3, 0.4) is 0 Å². The van der Waals surface area contributed by atoms with Gasteiger partial charge in [0.2, 0.25) is 0 Å². The van der Waals surface area contributed by atoms with Gasteiger partial charge in [0.25, 0.3) is 10.2 Å². The molecule has 0 radical (unpaired) electrons. The SMILES string of the molecule is CNS(=O)(=O)Nc1cccc(Cc2c(CCl)c3cc(F)c(OC(=O)N(C)C)cc3oc2=O)c1F. The second-order valence-electron chi connectivity index (χ2n) is 7.29. The lowest BCUT2D eigenvalue weighted by atomic mass is 9.98. The van der Waals surface area contributed by atoms with Gasteiger partial charge in [-0.2, -0.15) is 8.42 Å². The molecule has 0 aliphatic rings. The van der Waals surface area contributed by atoms with Crippen LogP contribution in [0.15, 0.2) is 39.5 Å². The lowest BCUT2D eigenvalue weighted by Crippen LogP contribution is -2.27. The molecule has 1 aromatic heterocycles. The molecule has 182 valence electrons. The topological polar surface area (TPSA) is 118 Å². The van der Waals surface area contributed by atoms with Crippen LogP contribution in [-0.2, 0) is 22.5 Å². The fraction of sp³-hybridized carbons (Fsp3) is 0.238. The highest BCUT2D eigenvalue weighted by atomic mass is 35.5. The van der Waals surface area contributed by atoms with E-state index < -0.39 is 39.3 Å². The number of amides is 1. The van der Waals surface area contributed by atoms with E-state index in [-0.39, 0.29) is 45.6 Å². The molecule has 0 saturated carbocycles. The minimum Gasteiger partial charge on any atom is -0.422 e. The lowest BCUT2D eigenvalue weighted by molar-refractivity contribution is 0.170. The number of halogens is 3. The molecule has 1 heterocycles. The summed E-state index contributed by atoms with van der Waals surface area (Å²) in [4.78, 5) is 25.6. The average Bonchev–Trinajstić information content (AvgIpc) is 2.77. The number of rotatable bonds is 7. The second kappa shape index (κ2) is 9.95. The van der Waals surface area contributed by atoms with Crippen LogP contribution in [0.25, 0.3) is 11.0 Å². The zero-order valence-electron chi connectivity index (χ0n) is 18.2. The maximum Gasteiger partial charge on any atom is 0.414 e. The summed E-state index contributed by atoms with van der Waals surface area (Å²) in [5.41, 5.74) is -1.14. The van der Waals surface area contributed by atoms with Crippen molar-refractivity contribution < 1.29 is 31.1 Å². The predicted molar refractivity (Wildman–Crippen MR) is 123 cm³/mol. The number of nitrogens with one attached hydrogen (secondary N) is 2. The molecule has 0 saturated heterocycles. The zero-order chi connectivity index (χ0) is 25.2. The third-order valence-electron chi connectivity index (χ3n) is 4.83. The van der Waals surface area contributed by atoms with Crippen LogP contribution in [0.5, 0.6) is 5.75 Å². The summed E-state index contributed by atoms with van der Waals surface area (Å²) in [6, 6.07) is 6.04. The molecule has 13 heteroatoms. The zero-order valence-corrected chi connectivity index (χ0v) is 19.8. The molecule has 0 spiro atoms. The standard InChI is InChI=1S/C21H20ClF2N3O6S/c1-25-34(30,31)26-16-6-4-5-11(19(16)24)7-13-14(10-22)12-8-15(23)18(33-21(29)27(2)3)9-17(12)32-20(13)28/h4-6,8-9,25-26H,7,10H2,1-3H3. The second-order valence-corrected chi connectivity index (χ2v) is 9.17. The van der Waals surface area contributed by atoms with Gasteiger partial charge >= 0.3 is 11.7 Å². The van der Waals surface area contributed by atoms with Crippen molar-refractivity contribution in [3.05, 3.63) is 69.1 Å². The minimum absolute atomic E-state index is 0.0219. The Hall–Kier alpha value is -3.22. The molecule has 2 N–H and O–H groups in total. The van der Waals surface area contributed by atoms with Crippen molar-refractivity contribution in [2.75, 3.05) is 25.9 Å². The molecule has 3 aromatic rings. The first kappa shape index (κ1) is 25.4. The molecule has 0 unspecified atom stereocenters. The summed E-state index contributed by atoms with van der Waals surface area (Å²) >= 11 is 6.06. The van der Waals surface area contributed by atoms with Gasteiger partial charge in [-0.25, -0.2) is 23.1 Å². The molecular formula is C21H20ClF2N3O6S. The van der Waals surface area contributed by atoms with E-state index in [1.54, 1.807) is 0 Å². The number of fused-ring (bicyclic) bond motifs is 1. The highest BCUT2D eigenvalue weighted by Crippen LogP contribution is 2.30. The molecule has 0 atom stereocenters. The van der Waals surface area contributed by atoms with Crippen molar-refractivity contribution in [3.63, 3.8) is 0 Å². The van der Waals surface area contributed by atoms with Crippen molar-refractivity contribution in [2.24, 2.45) is 0 Å². The summed E-state index contributed by atoms with van der Waals surface area (Å²) in [5.74, 6) is -2.48. The maximum atomic E-state index is 15.0. The van der Waals surface area contributed by atoms with Gasteiger partial charge in [-0.3, -0.25) is 4.72 Å². The van der Waals surface area contributed by atoms with E-state index in [9.17, 15) is 26.8 Å². The van der Waals surface area contributed by atoms with Gasteiger partial charge in [-0.05, 0) is 23.3 Å². The van der Waals surface area contributed by atoms with Crippen LogP contribution in [0.2, 0.25) is 0 Å². The average molecular weight is 516 g/mol. The van der Waals surface area contributed by atoms with Crippen LogP contribution in [0.1, 0.15) is 16.7 Å². The smallest absolute Gasteiger partial charge is 0.414 e. The van der Waals surface area contributed by atoms with Gasteiger partial charge in [-0.15, -0.1) is 11.6 Å². The van der Waals surface area contributed by atoms with E-state index in [0.29, 0.717) is 0 Å². The van der Waals surface area contributed by atoms with E-state index in [0.717, 1.165) is 24.1 Å². The number of hydrogen-bond donors (Lipinski definition) is 2. The number of anilines is 1. The van der Waals surface area contributed by atoms with E-state index >= 15 is 0 Å². The Morgan fingerprint density at radius 1 is 1.21 bits per heavy atom. The summed E-state index contributed by atoms with van der Waals surface area (Å²) in [6.45, 7) is 0. The van der Waals surface area contributed by atoms with Crippen LogP contribution >= 0.6 is 11.6 Å².